The summed E-state index contributed by atoms with van der Waals surface area (Å²) in [6.07, 6.45) is 5.63. The molecule has 16 heteroatoms. The maximum Gasteiger partial charge on any atom is 0.485 e. The molecular formula is C28H31F3N4O8S. The van der Waals surface area contributed by atoms with Gasteiger partial charge >= 0.3 is 23.5 Å². The molecule has 0 spiro atoms. The number of nitrogens with zero attached hydrogens (tertiary/aromatic N) is 3. The van der Waals surface area contributed by atoms with Crippen LogP contribution in [0.1, 0.15) is 54.8 Å². The van der Waals surface area contributed by atoms with Gasteiger partial charge in [-0.1, -0.05) is 12.1 Å². The second kappa shape index (κ2) is 14.7. The van der Waals surface area contributed by atoms with E-state index in [1.807, 2.05) is 29.9 Å². The number of hydrogen-bond donors (Lipinski definition) is 1. The molecule has 0 bridgehead atoms. The van der Waals surface area contributed by atoms with E-state index in [1.54, 1.807) is 81.2 Å². The first-order valence-corrected chi connectivity index (χ1v) is 14.2. The molecule has 12 nitrogen and oxygen atoms in total. The van der Waals surface area contributed by atoms with E-state index in [-0.39, 0.29) is 5.91 Å². The molecule has 0 aliphatic heterocycles. The van der Waals surface area contributed by atoms with Crippen LogP contribution in [0.4, 0.5) is 23.7 Å². The van der Waals surface area contributed by atoms with Crippen molar-refractivity contribution in [2.75, 3.05) is 0 Å². The van der Waals surface area contributed by atoms with Gasteiger partial charge in [0, 0.05) is 0 Å². The topological polar surface area (TPSA) is 160 Å². The van der Waals surface area contributed by atoms with E-state index in [0.29, 0.717) is 35.7 Å². The number of hydrogen-bond acceptors (Lipinski definition) is 9. The van der Waals surface area contributed by atoms with E-state index >= 15 is 0 Å². The normalized spacial score (nSPS) is 12.1. The van der Waals surface area contributed by atoms with Gasteiger partial charge in [-0.05, 0) is 76.1 Å². The first-order valence-electron chi connectivity index (χ1n) is 12.8. The van der Waals surface area contributed by atoms with Gasteiger partial charge in [0.1, 0.15) is 29.6 Å². The molecule has 2 aromatic carbocycles. The highest BCUT2D eigenvalue weighted by molar-refractivity contribution is 7.86. The number of aromatic nitrogens is 2. The highest BCUT2D eigenvalue weighted by atomic mass is 32.2. The number of nitrogens with one attached hydrogen (secondary N) is 1. The van der Waals surface area contributed by atoms with Crippen LogP contribution in [-0.4, -0.2) is 52.5 Å². The summed E-state index contributed by atoms with van der Waals surface area (Å²) < 4.78 is 72.9. The van der Waals surface area contributed by atoms with Crippen molar-refractivity contribution in [1.82, 2.24) is 9.88 Å². The van der Waals surface area contributed by atoms with Crippen LogP contribution in [-0.2, 0) is 28.3 Å². The molecule has 3 rings (SSSR count). The lowest BCUT2D eigenvalue weighted by Crippen LogP contribution is -2.35. The molecule has 238 valence electrons. The van der Waals surface area contributed by atoms with Crippen molar-refractivity contribution in [1.29, 1.82) is 0 Å². The number of halogens is 3. The Balaban J connectivity index is 0.000000742. The number of imidazole rings is 1. The summed E-state index contributed by atoms with van der Waals surface area (Å²) in [5.74, 6) is 0.281. The van der Waals surface area contributed by atoms with Gasteiger partial charge in [-0.3, -0.25) is 5.32 Å². The molecular weight excluding hydrogens is 609 g/mol. The van der Waals surface area contributed by atoms with E-state index in [1.165, 1.54) is 0 Å². The number of aliphatic imine (C=N–C) groups is 1. The zero-order valence-corrected chi connectivity index (χ0v) is 25.2. The molecule has 0 radical (unpaired) electrons. The lowest BCUT2D eigenvalue weighted by molar-refractivity contribution is -0.670. The van der Waals surface area contributed by atoms with Crippen LogP contribution >= 0.6 is 0 Å². The Labute approximate surface area is 251 Å². The highest BCUT2D eigenvalue weighted by Gasteiger charge is 2.37. The van der Waals surface area contributed by atoms with Gasteiger partial charge in [-0.2, -0.15) is 17.7 Å². The number of ether oxygens (including phenoxy) is 2. The van der Waals surface area contributed by atoms with E-state index in [9.17, 15) is 27.6 Å². The van der Waals surface area contributed by atoms with Gasteiger partial charge in [0.25, 0.3) is 6.33 Å². The second-order valence-corrected chi connectivity index (χ2v) is 11.6. The monoisotopic (exact) mass is 640 g/mol. The minimum Gasteiger partial charge on any atom is -0.741 e. The summed E-state index contributed by atoms with van der Waals surface area (Å²) in [4.78, 5) is 40.9. The van der Waals surface area contributed by atoms with Crippen LogP contribution < -0.4 is 14.6 Å². The molecule has 0 atom stereocenters. The van der Waals surface area contributed by atoms with E-state index in [2.05, 4.69) is 10.3 Å². The van der Waals surface area contributed by atoms with E-state index < -0.39 is 33.3 Å². The molecule has 1 heterocycles. The Morgan fingerprint density at radius 1 is 1.02 bits per heavy atom. The van der Waals surface area contributed by atoms with Crippen molar-refractivity contribution in [2.24, 2.45) is 12.0 Å². The minimum absolute atomic E-state index is 0.00898. The summed E-state index contributed by atoms with van der Waals surface area (Å²) >= 11 is 0. The van der Waals surface area contributed by atoms with Crippen LogP contribution in [0, 0.1) is 0 Å². The summed E-state index contributed by atoms with van der Waals surface area (Å²) in [5.41, 5.74) is -4.36. The molecule has 1 amide bonds. The number of alkyl carbamates (subject to hydrolysis) is 1. The van der Waals surface area contributed by atoms with Gasteiger partial charge in [0.2, 0.25) is 0 Å². The fraction of sp³-hybridized carbons (Fsp3) is 0.321. The number of amidine groups is 1. The lowest BCUT2D eigenvalue weighted by atomic mass is 10.1. The zero-order valence-electron chi connectivity index (χ0n) is 24.4. The standard InChI is InChI=1S/C27H30N4O5.CHF3O3S/c1-19(29-26(34)36-27(2,3)4)28-22-11-9-21(10-12-22)25(33)35-23-13-6-20(7-14-23)8-15-24(32)31-17-16-30(5)18-31;2-1(3,4)8(5,6)7/h6-7,9-14,16-18H,8,15H2,1-5H3;(H,5,6,7). The van der Waals surface area contributed by atoms with Gasteiger partial charge in [0.05, 0.1) is 24.7 Å². The Kier molecular flexibility index (Phi) is 11.9. The molecule has 0 saturated heterocycles. The summed E-state index contributed by atoms with van der Waals surface area (Å²) in [5, 5.41) is 2.56. The van der Waals surface area contributed by atoms with Gasteiger partial charge in [-0.15, -0.1) is 0 Å². The Morgan fingerprint density at radius 2 is 1.59 bits per heavy atom. The van der Waals surface area contributed by atoms with Crippen molar-refractivity contribution in [3.63, 3.8) is 0 Å². The smallest absolute Gasteiger partial charge is 0.485 e. The summed E-state index contributed by atoms with van der Waals surface area (Å²) in [6.45, 7) is 6.98. The average molecular weight is 641 g/mol. The third kappa shape index (κ3) is 12.3. The SMILES string of the molecule is CC(=Nc1ccc(C(=O)Oc2ccc(CCC(=O)n3cc[n+](C)c3)cc2)cc1)NC(=O)OC(C)(C)C.O=S(=O)([O-])C(F)(F)F. The third-order valence-corrected chi connectivity index (χ3v) is 5.75. The largest absolute Gasteiger partial charge is 0.741 e. The molecule has 3 aromatic rings. The van der Waals surface area contributed by atoms with E-state index in [4.69, 9.17) is 22.4 Å². The Bertz CT molecular complexity index is 1590. The van der Waals surface area contributed by atoms with Gasteiger partial charge < -0.3 is 14.0 Å². The number of alkyl halides is 3. The van der Waals surface area contributed by atoms with Crippen molar-refractivity contribution in [3.05, 3.63) is 78.4 Å². The number of esters is 1. The van der Waals surface area contributed by atoms with Crippen LogP contribution in [0.25, 0.3) is 0 Å². The minimum atomic E-state index is -6.09. The highest BCUT2D eigenvalue weighted by Crippen LogP contribution is 2.20. The van der Waals surface area contributed by atoms with Crippen LogP contribution in [0.3, 0.4) is 0 Å². The van der Waals surface area contributed by atoms with Crippen LogP contribution in [0.2, 0.25) is 0 Å². The fourth-order valence-electron chi connectivity index (χ4n) is 3.21. The quantitative estimate of drug-likeness (QED) is 0.0788. The molecule has 44 heavy (non-hydrogen) atoms. The number of carbonyl (C=O) groups excluding carboxylic acids is 3. The zero-order chi connectivity index (χ0) is 33.3. The molecule has 1 aromatic heterocycles. The maximum absolute atomic E-state index is 12.5. The first kappa shape index (κ1) is 35.6. The molecule has 0 aliphatic carbocycles. The van der Waals surface area contributed by atoms with Crippen LogP contribution in [0.5, 0.6) is 5.75 Å². The molecule has 0 aliphatic rings. The molecule has 0 fully saturated rings. The predicted octanol–water partition coefficient (Wildman–Crippen LogP) is 4.43. The molecule has 0 unspecified atom stereocenters. The fourth-order valence-corrected chi connectivity index (χ4v) is 3.21. The average Bonchev–Trinajstić information content (AvgIpc) is 3.33. The van der Waals surface area contributed by atoms with Crippen LogP contribution in [0.15, 0.2) is 72.2 Å². The second-order valence-electron chi connectivity index (χ2n) is 10.2. The Morgan fingerprint density at radius 3 is 2.07 bits per heavy atom. The maximum atomic E-state index is 12.5. The number of amides is 1. The van der Waals surface area contributed by atoms with Gasteiger partial charge in [-0.25, -0.2) is 32.4 Å². The number of benzene rings is 2. The molecule has 1 N–H and O–H groups in total. The van der Waals surface area contributed by atoms with Crippen molar-refractivity contribution in [3.8, 4) is 5.75 Å². The van der Waals surface area contributed by atoms with E-state index in [0.717, 1.165) is 5.56 Å². The third-order valence-electron chi connectivity index (χ3n) is 5.18. The number of aryl methyl sites for hydroxylation is 2. The lowest BCUT2D eigenvalue weighted by Gasteiger charge is -2.19. The van der Waals surface area contributed by atoms with Crippen molar-refractivity contribution < 1.29 is 54.6 Å². The Hall–Kier alpha value is -4.57. The van der Waals surface area contributed by atoms with Gasteiger partial charge in [0.15, 0.2) is 10.1 Å². The van der Waals surface area contributed by atoms with Crippen molar-refractivity contribution in [2.45, 2.75) is 51.6 Å². The summed E-state index contributed by atoms with van der Waals surface area (Å²) in [6, 6.07) is 13.6. The first-order chi connectivity index (χ1) is 20.2. The molecule has 0 saturated carbocycles. The summed E-state index contributed by atoms with van der Waals surface area (Å²) in [7, 11) is -4.23. The number of carbonyl (C=O) groups is 3. The number of rotatable bonds is 6. The predicted molar refractivity (Wildman–Crippen MR) is 150 cm³/mol. The van der Waals surface area contributed by atoms with Crippen molar-refractivity contribution >= 4 is 39.6 Å².